The minimum Gasteiger partial charge on any atom is -0.497 e. The fourth-order valence-electron chi connectivity index (χ4n) is 2.33. The molecule has 1 amide bonds. The maximum absolute atomic E-state index is 12.4. The third-order valence-corrected chi connectivity index (χ3v) is 5.04. The van der Waals surface area contributed by atoms with Crippen molar-refractivity contribution < 1.29 is 19.2 Å². The average molecular weight is 419 g/mol. The van der Waals surface area contributed by atoms with Crippen LogP contribution in [0, 0.1) is 10.1 Å². The van der Waals surface area contributed by atoms with Gasteiger partial charge in [-0.2, -0.15) is 0 Å². The number of nitrogens with zero attached hydrogens (tertiary/aromatic N) is 1. The standard InChI is InChI=1S/C19H15ClN2O5S/c1-26-14-3-2-4-15(9-14)27-10-12-7-18(28-11-12)19(23)21-17-8-13(22(24)25)5-6-16(17)20/h2-9,11H,10H2,1H3,(H,21,23). The van der Waals surface area contributed by atoms with E-state index in [1.165, 1.54) is 29.5 Å². The average Bonchev–Trinajstić information content (AvgIpc) is 3.17. The van der Waals surface area contributed by atoms with Gasteiger partial charge in [0.2, 0.25) is 0 Å². The highest BCUT2D eigenvalue weighted by atomic mass is 35.5. The Balaban J connectivity index is 1.65. The molecule has 0 fully saturated rings. The first-order valence-corrected chi connectivity index (χ1v) is 9.31. The Morgan fingerprint density at radius 1 is 1.21 bits per heavy atom. The maximum Gasteiger partial charge on any atom is 0.271 e. The summed E-state index contributed by atoms with van der Waals surface area (Å²) in [4.78, 5) is 23.2. The van der Waals surface area contributed by atoms with E-state index < -0.39 is 10.8 Å². The van der Waals surface area contributed by atoms with Crippen molar-refractivity contribution in [2.24, 2.45) is 0 Å². The van der Waals surface area contributed by atoms with Crippen LogP contribution in [0.1, 0.15) is 15.2 Å². The molecule has 0 bridgehead atoms. The first-order valence-electron chi connectivity index (χ1n) is 8.06. The summed E-state index contributed by atoms with van der Waals surface area (Å²) in [5.74, 6) is 0.941. The van der Waals surface area contributed by atoms with Crippen molar-refractivity contribution >= 4 is 40.2 Å². The Hall–Kier alpha value is -3.10. The maximum atomic E-state index is 12.4. The molecule has 0 aliphatic heterocycles. The van der Waals surface area contributed by atoms with Crippen LogP contribution in [0.3, 0.4) is 0 Å². The third-order valence-electron chi connectivity index (χ3n) is 3.73. The number of benzene rings is 2. The molecule has 0 saturated heterocycles. The number of nitro benzene ring substituents is 1. The lowest BCUT2D eigenvalue weighted by atomic mass is 10.2. The number of hydrogen-bond acceptors (Lipinski definition) is 6. The van der Waals surface area contributed by atoms with Gasteiger partial charge >= 0.3 is 0 Å². The first-order chi connectivity index (χ1) is 13.5. The smallest absolute Gasteiger partial charge is 0.271 e. The number of methoxy groups -OCH3 is 1. The molecule has 0 radical (unpaired) electrons. The Morgan fingerprint density at radius 3 is 2.75 bits per heavy atom. The number of carbonyl (C=O) groups is 1. The van der Waals surface area contributed by atoms with Gasteiger partial charge in [-0.15, -0.1) is 11.3 Å². The van der Waals surface area contributed by atoms with E-state index in [9.17, 15) is 14.9 Å². The first kappa shape index (κ1) is 19.7. The van der Waals surface area contributed by atoms with Crippen molar-refractivity contribution in [3.63, 3.8) is 0 Å². The highest BCUT2D eigenvalue weighted by Gasteiger charge is 2.15. The van der Waals surface area contributed by atoms with Crippen LogP contribution >= 0.6 is 22.9 Å². The van der Waals surface area contributed by atoms with Crippen molar-refractivity contribution in [3.8, 4) is 11.5 Å². The molecule has 0 atom stereocenters. The van der Waals surface area contributed by atoms with Crippen molar-refractivity contribution in [1.29, 1.82) is 0 Å². The topological polar surface area (TPSA) is 90.7 Å². The van der Waals surface area contributed by atoms with E-state index in [0.29, 0.717) is 16.4 Å². The van der Waals surface area contributed by atoms with Crippen LogP contribution in [0.2, 0.25) is 5.02 Å². The zero-order valence-corrected chi connectivity index (χ0v) is 16.3. The summed E-state index contributed by atoms with van der Waals surface area (Å²) in [6.07, 6.45) is 0. The van der Waals surface area contributed by atoms with E-state index >= 15 is 0 Å². The van der Waals surface area contributed by atoms with Gasteiger partial charge < -0.3 is 14.8 Å². The summed E-state index contributed by atoms with van der Waals surface area (Å²) in [6, 6.07) is 12.8. The molecule has 0 aliphatic rings. The van der Waals surface area contributed by atoms with Gasteiger partial charge in [-0.25, -0.2) is 0 Å². The number of amides is 1. The summed E-state index contributed by atoms with van der Waals surface area (Å²) in [6.45, 7) is 0.286. The molecule has 28 heavy (non-hydrogen) atoms. The molecular weight excluding hydrogens is 404 g/mol. The largest absolute Gasteiger partial charge is 0.497 e. The van der Waals surface area contributed by atoms with Gasteiger partial charge in [0.1, 0.15) is 18.1 Å². The monoisotopic (exact) mass is 418 g/mol. The Bertz CT molecular complexity index is 1020. The van der Waals surface area contributed by atoms with Crippen molar-refractivity contribution in [3.05, 3.63) is 79.5 Å². The van der Waals surface area contributed by atoms with Crippen molar-refractivity contribution in [2.45, 2.75) is 6.61 Å². The second-order valence-corrected chi connectivity index (χ2v) is 6.98. The van der Waals surface area contributed by atoms with Gasteiger partial charge in [-0.1, -0.05) is 17.7 Å². The molecule has 2 aromatic carbocycles. The number of nitrogens with one attached hydrogen (secondary N) is 1. The van der Waals surface area contributed by atoms with E-state index in [1.54, 1.807) is 19.2 Å². The molecule has 0 spiro atoms. The number of ether oxygens (including phenoxy) is 2. The molecule has 3 aromatic rings. The Labute approximate surface area is 169 Å². The number of thiophene rings is 1. The summed E-state index contributed by atoms with van der Waals surface area (Å²) in [5, 5.41) is 15.5. The molecule has 0 aliphatic carbocycles. The zero-order valence-electron chi connectivity index (χ0n) is 14.7. The molecule has 1 N–H and O–H groups in total. The van der Waals surface area contributed by atoms with E-state index in [2.05, 4.69) is 5.32 Å². The van der Waals surface area contributed by atoms with Gasteiger partial charge in [0.25, 0.3) is 11.6 Å². The highest BCUT2D eigenvalue weighted by Crippen LogP contribution is 2.28. The number of nitro groups is 1. The number of hydrogen-bond donors (Lipinski definition) is 1. The summed E-state index contributed by atoms with van der Waals surface area (Å²) in [7, 11) is 1.58. The van der Waals surface area contributed by atoms with E-state index in [-0.39, 0.29) is 23.0 Å². The van der Waals surface area contributed by atoms with Crippen LogP contribution < -0.4 is 14.8 Å². The van der Waals surface area contributed by atoms with Crippen LogP contribution in [0.4, 0.5) is 11.4 Å². The molecular formula is C19H15ClN2O5S. The second kappa shape index (κ2) is 8.73. The summed E-state index contributed by atoms with van der Waals surface area (Å²) >= 11 is 7.26. The Kier molecular flexibility index (Phi) is 6.13. The van der Waals surface area contributed by atoms with E-state index in [0.717, 1.165) is 5.56 Å². The minimum atomic E-state index is -0.550. The molecule has 3 rings (SSSR count). The number of rotatable bonds is 7. The highest BCUT2D eigenvalue weighted by molar-refractivity contribution is 7.12. The quantitative estimate of drug-likeness (QED) is 0.423. The number of anilines is 1. The van der Waals surface area contributed by atoms with Crippen molar-refractivity contribution in [1.82, 2.24) is 0 Å². The van der Waals surface area contributed by atoms with Gasteiger partial charge in [-0.3, -0.25) is 14.9 Å². The SMILES string of the molecule is COc1cccc(OCc2csc(C(=O)Nc3cc([N+](=O)[O-])ccc3Cl)c2)c1. The van der Waals surface area contributed by atoms with E-state index in [1.807, 2.05) is 23.6 Å². The predicted octanol–water partition coefficient (Wildman–Crippen LogP) is 5.15. The fourth-order valence-corrected chi connectivity index (χ4v) is 3.29. The molecule has 9 heteroatoms. The molecule has 1 aromatic heterocycles. The Morgan fingerprint density at radius 2 is 2.00 bits per heavy atom. The van der Waals surface area contributed by atoms with Crippen LogP contribution in [0.15, 0.2) is 53.9 Å². The van der Waals surface area contributed by atoms with Gasteiger partial charge in [0.15, 0.2) is 0 Å². The van der Waals surface area contributed by atoms with Crippen LogP contribution in [0.5, 0.6) is 11.5 Å². The van der Waals surface area contributed by atoms with Crippen molar-refractivity contribution in [2.75, 3.05) is 12.4 Å². The number of carbonyl (C=O) groups excluding carboxylic acids is 1. The van der Waals surface area contributed by atoms with Gasteiger partial charge in [0.05, 0.1) is 27.6 Å². The lowest BCUT2D eigenvalue weighted by Crippen LogP contribution is -2.10. The molecule has 0 saturated carbocycles. The van der Waals surface area contributed by atoms with Gasteiger partial charge in [0, 0.05) is 23.8 Å². The molecule has 7 nitrogen and oxygen atoms in total. The normalized spacial score (nSPS) is 10.4. The van der Waals surface area contributed by atoms with E-state index in [4.69, 9.17) is 21.1 Å². The molecule has 144 valence electrons. The number of non-ortho nitro benzene ring substituents is 1. The summed E-state index contributed by atoms with van der Waals surface area (Å²) < 4.78 is 10.9. The van der Waals surface area contributed by atoms with Crippen LogP contribution in [0.25, 0.3) is 0 Å². The second-order valence-electron chi connectivity index (χ2n) is 5.66. The third kappa shape index (κ3) is 4.79. The summed E-state index contributed by atoms with van der Waals surface area (Å²) in [5.41, 5.74) is 0.852. The van der Waals surface area contributed by atoms with Gasteiger partial charge in [-0.05, 0) is 29.6 Å². The fraction of sp³-hybridized carbons (Fsp3) is 0.105. The lowest BCUT2D eigenvalue weighted by Gasteiger charge is -2.07. The van der Waals surface area contributed by atoms with Crippen LogP contribution in [-0.2, 0) is 6.61 Å². The lowest BCUT2D eigenvalue weighted by molar-refractivity contribution is -0.384. The number of halogens is 1. The molecule has 0 unspecified atom stereocenters. The predicted molar refractivity (Wildman–Crippen MR) is 108 cm³/mol. The minimum absolute atomic E-state index is 0.154. The molecule has 1 heterocycles. The van der Waals surface area contributed by atoms with Crippen LogP contribution in [-0.4, -0.2) is 17.9 Å². The zero-order chi connectivity index (χ0) is 20.1.